The normalized spacial score (nSPS) is 14.9. The molecule has 1 saturated heterocycles. The summed E-state index contributed by atoms with van der Waals surface area (Å²) in [6.07, 6.45) is 7.11. The second-order valence-electron chi connectivity index (χ2n) is 7.80. The van der Waals surface area contributed by atoms with Crippen molar-refractivity contribution in [3.63, 3.8) is 0 Å². The van der Waals surface area contributed by atoms with E-state index in [2.05, 4.69) is 37.4 Å². The Labute approximate surface area is 186 Å². The number of likely N-dealkylation sites (tertiary alicyclic amines) is 1. The molecule has 1 fully saturated rings. The van der Waals surface area contributed by atoms with Crippen LogP contribution < -0.4 is 5.32 Å². The van der Waals surface area contributed by atoms with Crippen LogP contribution in [0.15, 0.2) is 35.9 Å². The number of hydrogen-bond donors (Lipinski definition) is 1. The monoisotopic (exact) mass is 434 g/mol. The van der Waals surface area contributed by atoms with E-state index in [4.69, 9.17) is 0 Å². The van der Waals surface area contributed by atoms with Crippen LogP contribution in [0.3, 0.4) is 0 Å². The minimum Gasteiger partial charge on any atom is -0.339 e. The first-order chi connectivity index (χ1) is 15.0. The Kier molecular flexibility index (Phi) is 6.36. The second-order valence-corrected chi connectivity index (χ2v) is 8.86. The van der Waals surface area contributed by atoms with Crippen molar-refractivity contribution in [2.75, 3.05) is 18.4 Å². The molecule has 31 heavy (non-hydrogen) atoms. The lowest BCUT2D eigenvalue weighted by molar-refractivity contribution is -0.126. The van der Waals surface area contributed by atoms with E-state index in [9.17, 15) is 4.79 Å². The molecule has 7 nitrogen and oxygen atoms in total. The highest BCUT2D eigenvalue weighted by atomic mass is 32.1. The number of aryl methyl sites for hydroxylation is 3. The van der Waals surface area contributed by atoms with E-state index < -0.39 is 0 Å². The summed E-state index contributed by atoms with van der Waals surface area (Å²) >= 11 is 1.59. The molecular formula is C23H26N6OS. The highest BCUT2D eigenvalue weighted by Crippen LogP contribution is 2.29. The third kappa shape index (κ3) is 5.52. The van der Waals surface area contributed by atoms with E-state index in [1.54, 1.807) is 23.5 Å². The van der Waals surface area contributed by atoms with Crippen LogP contribution in [0, 0.1) is 20.8 Å². The molecular weight excluding hydrogens is 408 g/mol. The van der Waals surface area contributed by atoms with E-state index in [-0.39, 0.29) is 5.91 Å². The fraction of sp³-hybridized carbons (Fsp3) is 0.348. The number of nitrogens with zero attached hydrogens (tertiary/aromatic N) is 5. The zero-order chi connectivity index (χ0) is 21.8. The Morgan fingerprint density at radius 3 is 2.55 bits per heavy atom. The molecule has 0 aliphatic carbocycles. The summed E-state index contributed by atoms with van der Waals surface area (Å²) in [6.45, 7) is 7.35. The van der Waals surface area contributed by atoms with Crippen molar-refractivity contribution < 1.29 is 4.79 Å². The number of carbonyl (C=O) groups excluding carboxylic acids is 1. The molecule has 3 aromatic rings. The van der Waals surface area contributed by atoms with Crippen LogP contribution in [0.5, 0.6) is 0 Å². The Bertz CT molecular complexity index is 1080. The highest BCUT2D eigenvalue weighted by molar-refractivity contribution is 7.09. The molecule has 0 unspecified atom stereocenters. The van der Waals surface area contributed by atoms with Gasteiger partial charge < -0.3 is 10.2 Å². The smallest absolute Gasteiger partial charge is 0.246 e. The van der Waals surface area contributed by atoms with Crippen molar-refractivity contribution in [1.82, 2.24) is 24.8 Å². The lowest BCUT2D eigenvalue weighted by atomic mass is 9.90. The van der Waals surface area contributed by atoms with Crippen LogP contribution in [0.1, 0.15) is 46.4 Å². The van der Waals surface area contributed by atoms with Gasteiger partial charge >= 0.3 is 0 Å². The van der Waals surface area contributed by atoms with Gasteiger partial charge in [-0.2, -0.15) is 0 Å². The van der Waals surface area contributed by atoms with Crippen molar-refractivity contribution >= 4 is 35.1 Å². The van der Waals surface area contributed by atoms with Gasteiger partial charge in [-0.3, -0.25) is 4.79 Å². The van der Waals surface area contributed by atoms with Crippen molar-refractivity contribution in [2.45, 2.75) is 39.5 Å². The number of hydrogen-bond acceptors (Lipinski definition) is 7. The van der Waals surface area contributed by atoms with Gasteiger partial charge in [-0.15, -0.1) is 11.3 Å². The van der Waals surface area contributed by atoms with Crippen LogP contribution in [0.25, 0.3) is 6.08 Å². The fourth-order valence-electron chi connectivity index (χ4n) is 3.82. The summed E-state index contributed by atoms with van der Waals surface area (Å²) in [7, 11) is 0. The minimum absolute atomic E-state index is 0.0492. The average Bonchev–Trinajstić information content (AvgIpc) is 3.17. The molecule has 0 spiro atoms. The molecule has 0 bridgehead atoms. The minimum atomic E-state index is 0.0492. The first kappa shape index (κ1) is 21.1. The van der Waals surface area contributed by atoms with Gasteiger partial charge in [-0.1, -0.05) is 0 Å². The summed E-state index contributed by atoms with van der Waals surface area (Å²) < 4.78 is 0. The third-order valence-electron chi connectivity index (χ3n) is 5.32. The SMILES string of the molecule is Cc1cc(C)nc(Nc2cc(C3CCN(C(=O)C=Cc4csc(C)n4)CC3)ccn2)n1. The van der Waals surface area contributed by atoms with Gasteiger partial charge in [0.15, 0.2) is 0 Å². The van der Waals surface area contributed by atoms with Crippen LogP contribution in [-0.4, -0.2) is 43.8 Å². The molecule has 160 valence electrons. The predicted octanol–water partition coefficient (Wildman–Crippen LogP) is 4.42. The van der Waals surface area contributed by atoms with E-state index in [0.29, 0.717) is 11.9 Å². The maximum atomic E-state index is 12.5. The molecule has 4 heterocycles. The molecule has 0 radical (unpaired) electrons. The standard InChI is InChI=1S/C23H26N6OS/c1-15-12-16(2)26-23(25-15)28-21-13-19(6-9-24-21)18-7-10-29(11-8-18)22(30)5-4-20-14-31-17(3)27-20/h4-6,9,12-14,18H,7-8,10-11H2,1-3H3,(H,24,25,26,28). The van der Waals surface area contributed by atoms with Gasteiger partial charge in [0, 0.05) is 42.1 Å². The maximum Gasteiger partial charge on any atom is 0.246 e. The first-order valence-corrected chi connectivity index (χ1v) is 11.3. The van der Waals surface area contributed by atoms with Crippen LogP contribution in [0.4, 0.5) is 11.8 Å². The van der Waals surface area contributed by atoms with Crippen molar-refractivity contribution in [3.8, 4) is 0 Å². The molecule has 1 amide bonds. The zero-order valence-electron chi connectivity index (χ0n) is 18.0. The number of pyridine rings is 1. The summed E-state index contributed by atoms with van der Waals surface area (Å²) in [4.78, 5) is 32.1. The van der Waals surface area contributed by atoms with Crippen LogP contribution in [-0.2, 0) is 4.79 Å². The number of carbonyl (C=O) groups is 1. The van der Waals surface area contributed by atoms with Crippen molar-refractivity contribution in [3.05, 3.63) is 63.5 Å². The van der Waals surface area contributed by atoms with Gasteiger partial charge in [-0.25, -0.2) is 19.9 Å². The number of nitrogens with one attached hydrogen (secondary N) is 1. The van der Waals surface area contributed by atoms with Gasteiger partial charge in [0.1, 0.15) is 5.82 Å². The number of anilines is 2. The Morgan fingerprint density at radius 1 is 1.13 bits per heavy atom. The quantitative estimate of drug-likeness (QED) is 0.599. The van der Waals surface area contributed by atoms with Gasteiger partial charge in [0.25, 0.3) is 0 Å². The predicted molar refractivity (Wildman–Crippen MR) is 123 cm³/mol. The largest absolute Gasteiger partial charge is 0.339 e. The van der Waals surface area contributed by atoms with Gasteiger partial charge in [0.05, 0.1) is 10.7 Å². The molecule has 0 aromatic carbocycles. The highest BCUT2D eigenvalue weighted by Gasteiger charge is 2.23. The molecule has 1 aliphatic rings. The molecule has 4 rings (SSSR count). The number of rotatable bonds is 5. The van der Waals surface area contributed by atoms with Crippen molar-refractivity contribution in [1.29, 1.82) is 0 Å². The number of aromatic nitrogens is 4. The van der Waals surface area contributed by atoms with Crippen LogP contribution in [0.2, 0.25) is 0 Å². The number of amides is 1. The fourth-order valence-corrected chi connectivity index (χ4v) is 4.40. The van der Waals surface area contributed by atoms with Gasteiger partial charge in [0.2, 0.25) is 11.9 Å². The molecule has 3 aromatic heterocycles. The molecule has 8 heteroatoms. The second kappa shape index (κ2) is 9.34. The topological polar surface area (TPSA) is 83.9 Å². The van der Waals surface area contributed by atoms with E-state index >= 15 is 0 Å². The lowest BCUT2D eigenvalue weighted by Gasteiger charge is -2.31. The number of thiazole rings is 1. The summed E-state index contributed by atoms with van der Waals surface area (Å²) in [5.41, 5.74) is 3.90. The van der Waals surface area contributed by atoms with E-state index in [1.807, 2.05) is 43.3 Å². The average molecular weight is 435 g/mol. The Hall–Kier alpha value is -3.13. The zero-order valence-corrected chi connectivity index (χ0v) is 18.8. The van der Waals surface area contributed by atoms with Gasteiger partial charge in [-0.05, 0) is 69.4 Å². The summed E-state index contributed by atoms with van der Waals surface area (Å²) in [5, 5.41) is 6.18. The molecule has 0 saturated carbocycles. The molecule has 0 atom stereocenters. The van der Waals surface area contributed by atoms with E-state index in [1.165, 1.54) is 5.56 Å². The van der Waals surface area contributed by atoms with Crippen molar-refractivity contribution in [2.24, 2.45) is 0 Å². The Balaban J connectivity index is 1.36. The molecule has 1 aliphatic heterocycles. The third-order valence-corrected chi connectivity index (χ3v) is 6.11. The van der Waals surface area contributed by atoms with Crippen LogP contribution >= 0.6 is 11.3 Å². The number of piperidine rings is 1. The lowest BCUT2D eigenvalue weighted by Crippen LogP contribution is -2.36. The first-order valence-electron chi connectivity index (χ1n) is 10.4. The summed E-state index contributed by atoms with van der Waals surface area (Å²) in [5.74, 6) is 1.75. The molecule has 1 N–H and O–H groups in total. The maximum absolute atomic E-state index is 12.5. The summed E-state index contributed by atoms with van der Waals surface area (Å²) in [6, 6.07) is 6.06. The Morgan fingerprint density at radius 2 is 1.87 bits per heavy atom. The van der Waals surface area contributed by atoms with E-state index in [0.717, 1.165) is 53.8 Å².